The third kappa shape index (κ3) is 2.67. The number of halogens is 3. The summed E-state index contributed by atoms with van der Waals surface area (Å²) in [5.74, 6) is -0.151. The van der Waals surface area contributed by atoms with Crippen molar-refractivity contribution in [2.45, 2.75) is 25.1 Å². The molecule has 1 saturated heterocycles. The lowest BCUT2D eigenvalue weighted by atomic mass is 9.85. The molecule has 0 amide bonds. The second-order valence-electron chi connectivity index (χ2n) is 4.60. The van der Waals surface area contributed by atoms with Gasteiger partial charge in [-0.3, -0.25) is 0 Å². The predicted molar refractivity (Wildman–Crippen MR) is 62.0 cm³/mol. The Balaban J connectivity index is 2.37. The van der Waals surface area contributed by atoms with E-state index in [2.05, 4.69) is 5.32 Å². The highest BCUT2D eigenvalue weighted by Gasteiger charge is 2.37. The average Bonchev–Trinajstić information content (AvgIpc) is 2.37. The molecule has 1 aliphatic heterocycles. The van der Waals surface area contributed by atoms with Crippen LogP contribution in [0.4, 0.5) is 13.2 Å². The Morgan fingerprint density at radius 2 is 2.00 bits per heavy atom. The molecule has 2 N–H and O–H groups in total. The lowest BCUT2D eigenvalue weighted by molar-refractivity contribution is -0.138. The van der Waals surface area contributed by atoms with Crippen molar-refractivity contribution in [2.75, 3.05) is 13.2 Å². The Kier molecular flexibility index (Phi) is 3.92. The third-order valence-electron chi connectivity index (χ3n) is 3.42. The lowest BCUT2D eigenvalue weighted by Gasteiger charge is -2.33. The summed E-state index contributed by atoms with van der Waals surface area (Å²) in [7, 11) is 0. The second kappa shape index (κ2) is 5.28. The van der Waals surface area contributed by atoms with Gasteiger partial charge in [0.1, 0.15) is 0 Å². The number of nitrogens with one attached hydrogen (secondary N) is 1. The minimum absolute atomic E-state index is 0.0934. The van der Waals surface area contributed by atoms with Crippen molar-refractivity contribution in [3.05, 3.63) is 35.4 Å². The molecule has 18 heavy (non-hydrogen) atoms. The number of hydrogen-bond acceptors (Lipinski definition) is 2. The van der Waals surface area contributed by atoms with Gasteiger partial charge in [0, 0.05) is 18.6 Å². The highest BCUT2D eigenvalue weighted by Crippen LogP contribution is 2.38. The summed E-state index contributed by atoms with van der Waals surface area (Å²) in [6.45, 7) is 0.594. The van der Waals surface area contributed by atoms with Gasteiger partial charge in [-0.15, -0.1) is 0 Å². The van der Waals surface area contributed by atoms with E-state index in [9.17, 15) is 18.3 Å². The van der Waals surface area contributed by atoms with Gasteiger partial charge in [0.2, 0.25) is 0 Å². The van der Waals surface area contributed by atoms with Crippen molar-refractivity contribution in [3.63, 3.8) is 0 Å². The summed E-state index contributed by atoms with van der Waals surface area (Å²) < 4.78 is 38.8. The Morgan fingerprint density at radius 1 is 1.28 bits per heavy atom. The molecule has 1 aromatic rings. The standard InChI is InChI=1S/C13H16F3NO/c14-13(15,16)11-6-2-1-5-10(11)12-9(8-18)4-3-7-17-12/h1-2,5-6,9,12,17-18H,3-4,7-8H2. The highest BCUT2D eigenvalue weighted by atomic mass is 19.4. The molecule has 0 spiro atoms. The fraction of sp³-hybridized carbons (Fsp3) is 0.538. The van der Waals surface area contributed by atoms with Gasteiger partial charge in [-0.1, -0.05) is 18.2 Å². The first-order valence-electron chi connectivity index (χ1n) is 6.04. The zero-order valence-corrected chi connectivity index (χ0v) is 9.87. The summed E-state index contributed by atoms with van der Waals surface area (Å²) in [5.41, 5.74) is -0.369. The van der Waals surface area contributed by atoms with Crippen LogP contribution in [0.15, 0.2) is 24.3 Å². The molecule has 1 heterocycles. The molecule has 5 heteroatoms. The largest absolute Gasteiger partial charge is 0.416 e. The van der Waals surface area contributed by atoms with E-state index in [1.807, 2.05) is 0 Å². The van der Waals surface area contributed by atoms with Crippen LogP contribution < -0.4 is 5.32 Å². The van der Waals surface area contributed by atoms with Crippen LogP contribution in [0.25, 0.3) is 0 Å². The minimum atomic E-state index is -4.35. The molecule has 2 nitrogen and oxygen atoms in total. The maximum absolute atomic E-state index is 12.9. The van der Waals surface area contributed by atoms with Crippen molar-refractivity contribution in [1.29, 1.82) is 0 Å². The molecule has 1 fully saturated rings. The summed E-state index contributed by atoms with van der Waals surface area (Å²) in [5, 5.41) is 12.4. The molecular formula is C13H16F3NO. The number of rotatable bonds is 2. The highest BCUT2D eigenvalue weighted by molar-refractivity contribution is 5.33. The van der Waals surface area contributed by atoms with Crippen LogP contribution in [-0.2, 0) is 6.18 Å². The smallest absolute Gasteiger partial charge is 0.396 e. The molecular weight excluding hydrogens is 243 g/mol. The van der Waals surface area contributed by atoms with Crippen molar-refractivity contribution in [2.24, 2.45) is 5.92 Å². The number of aliphatic hydroxyl groups excluding tert-OH is 1. The van der Waals surface area contributed by atoms with Crippen LogP contribution in [0.1, 0.15) is 30.0 Å². The minimum Gasteiger partial charge on any atom is -0.396 e. The van der Waals surface area contributed by atoms with Gasteiger partial charge >= 0.3 is 6.18 Å². The van der Waals surface area contributed by atoms with Crippen LogP contribution >= 0.6 is 0 Å². The molecule has 0 saturated carbocycles. The number of alkyl halides is 3. The van der Waals surface area contributed by atoms with E-state index < -0.39 is 17.8 Å². The second-order valence-corrected chi connectivity index (χ2v) is 4.60. The van der Waals surface area contributed by atoms with Gasteiger partial charge in [0.05, 0.1) is 5.56 Å². The molecule has 1 aliphatic rings. The Morgan fingerprint density at radius 3 is 2.67 bits per heavy atom. The average molecular weight is 259 g/mol. The number of benzene rings is 1. The Bertz CT molecular complexity index is 405. The van der Waals surface area contributed by atoms with Gasteiger partial charge in [0.15, 0.2) is 0 Å². The van der Waals surface area contributed by atoms with E-state index >= 15 is 0 Å². The van der Waals surface area contributed by atoms with Gasteiger partial charge in [-0.25, -0.2) is 0 Å². The first kappa shape index (κ1) is 13.4. The van der Waals surface area contributed by atoms with Gasteiger partial charge < -0.3 is 10.4 Å². The quantitative estimate of drug-likeness (QED) is 0.856. The topological polar surface area (TPSA) is 32.3 Å². The molecule has 2 atom stereocenters. The van der Waals surface area contributed by atoms with Gasteiger partial charge in [-0.2, -0.15) is 13.2 Å². The van der Waals surface area contributed by atoms with Crippen LogP contribution in [0, 0.1) is 5.92 Å². The first-order chi connectivity index (χ1) is 8.54. The molecule has 2 rings (SSSR count). The number of piperidine rings is 1. The maximum atomic E-state index is 12.9. The van der Waals surface area contributed by atoms with E-state index in [4.69, 9.17) is 0 Å². The first-order valence-corrected chi connectivity index (χ1v) is 6.04. The van der Waals surface area contributed by atoms with Crippen LogP contribution in [-0.4, -0.2) is 18.3 Å². The van der Waals surface area contributed by atoms with Crippen molar-refractivity contribution in [3.8, 4) is 0 Å². The zero-order valence-electron chi connectivity index (χ0n) is 9.87. The van der Waals surface area contributed by atoms with E-state index in [-0.39, 0.29) is 18.1 Å². The molecule has 0 radical (unpaired) electrons. The van der Waals surface area contributed by atoms with Crippen molar-refractivity contribution < 1.29 is 18.3 Å². The van der Waals surface area contributed by atoms with Crippen molar-refractivity contribution in [1.82, 2.24) is 5.32 Å². The maximum Gasteiger partial charge on any atom is 0.416 e. The normalized spacial score (nSPS) is 25.1. The molecule has 2 unspecified atom stereocenters. The van der Waals surface area contributed by atoms with Crippen LogP contribution in [0.2, 0.25) is 0 Å². The number of aliphatic hydroxyl groups is 1. The molecule has 0 aliphatic carbocycles. The molecule has 0 bridgehead atoms. The molecule has 1 aromatic carbocycles. The van der Waals surface area contributed by atoms with Crippen molar-refractivity contribution >= 4 is 0 Å². The molecule has 100 valence electrons. The SMILES string of the molecule is OCC1CCCNC1c1ccccc1C(F)(F)F. The molecule has 0 aromatic heterocycles. The monoisotopic (exact) mass is 259 g/mol. The van der Waals surface area contributed by atoms with Crippen LogP contribution in [0.3, 0.4) is 0 Å². The van der Waals surface area contributed by atoms with Gasteiger partial charge in [-0.05, 0) is 31.0 Å². The van der Waals surface area contributed by atoms with E-state index in [0.717, 1.165) is 18.9 Å². The summed E-state index contributed by atoms with van der Waals surface area (Å²) in [4.78, 5) is 0. The van der Waals surface area contributed by atoms with Gasteiger partial charge in [0.25, 0.3) is 0 Å². The Hall–Kier alpha value is -1.07. The fourth-order valence-corrected chi connectivity index (χ4v) is 2.54. The number of hydrogen-bond donors (Lipinski definition) is 2. The van der Waals surface area contributed by atoms with E-state index in [0.29, 0.717) is 6.54 Å². The summed E-state index contributed by atoms with van der Waals surface area (Å²) >= 11 is 0. The lowest BCUT2D eigenvalue weighted by Crippen LogP contribution is -2.37. The summed E-state index contributed by atoms with van der Waals surface area (Å²) in [6.07, 6.45) is -2.72. The van der Waals surface area contributed by atoms with E-state index in [1.165, 1.54) is 12.1 Å². The van der Waals surface area contributed by atoms with Crippen LogP contribution in [0.5, 0.6) is 0 Å². The third-order valence-corrected chi connectivity index (χ3v) is 3.42. The fourth-order valence-electron chi connectivity index (χ4n) is 2.54. The van der Waals surface area contributed by atoms with E-state index in [1.54, 1.807) is 6.07 Å². The predicted octanol–water partition coefficient (Wildman–Crippen LogP) is 2.74. The zero-order chi connectivity index (χ0) is 13.2. The summed E-state index contributed by atoms with van der Waals surface area (Å²) in [6, 6.07) is 5.17. The Labute approximate surface area is 104 Å².